The molecule has 0 fully saturated rings. The molecule has 2 aromatic heterocycles. The highest BCUT2D eigenvalue weighted by Crippen LogP contribution is 2.38. The molecule has 0 saturated carbocycles. The van der Waals surface area contributed by atoms with Crippen molar-refractivity contribution in [2.45, 2.75) is 13.3 Å². The van der Waals surface area contributed by atoms with E-state index in [1.807, 2.05) is 24.3 Å². The first-order chi connectivity index (χ1) is 15.6. The zero-order chi connectivity index (χ0) is 22.1. The van der Waals surface area contributed by atoms with Gasteiger partial charge in [-0.3, -0.25) is 5.10 Å². The number of rotatable bonds is 5. The van der Waals surface area contributed by atoms with E-state index in [-0.39, 0.29) is 5.82 Å². The van der Waals surface area contributed by atoms with E-state index >= 15 is 0 Å². The number of nitrogens with zero attached hydrogens (tertiary/aromatic N) is 2. The van der Waals surface area contributed by atoms with Crippen molar-refractivity contribution < 1.29 is 8.91 Å². The number of aromatic amines is 1. The van der Waals surface area contributed by atoms with Crippen LogP contribution in [-0.4, -0.2) is 15.4 Å². The SMILES string of the molecule is CC/C(=C(/c1ccc(-c2ccon2)cc1)c1ccc2[nH]ncc2c1)c1ccc(F)cc1Cl. The predicted molar refractivity (Wildman–Crippen MR) is 126 cm³/mol. The number of benzene rings is 3. The number of nitrogens with one attached hydrogen (secondary N) is 1. The maximum atomic E-state index is 13.8. The molecule has 0 bridgehead atoms. The van der Waals surface area contributed by atoms with Crippen LogP contribution in [0.1, 0.15) is 30.0 Å². The smallest absolute Gasteiger partial charge is 0.124 e. The van der Waals surface area contributed by atoms with Gasteiger partial charge in [0.2, 0.25) is 0 Å². The highest BCUT2D eigenvalue weighted by Gasteiger charge is 2.17. The molecule has 0 unspecified atom stereocenters. The van der Waals surface area contributed by atoms with Gasteiger partial charge in [-0.05, 0) is 58.5 Å². The van der Waals surface area contributed by atoms with Crippen molar-refractivity contribution in [2.24, 2.45) is 0 Å². The minimum absolute atomic E-state index is 0.354. The molecule has 158 valence electrons. The highest BCUT2D eigenvalue weighted by atomic mass is 35.5. The first-order valence-corrected chi connectivity index (χ1v) is 10.6. The van der Waals surface area contributed by atoms with E-state index < -0.39 is 0 Å². The second kappa shape index (κ2) is 8.44. The van der Waals surface area contributed by atoms with Crippen LogP contribution in [0.5, 0.6) is 0 Å². The van der Waals surface area contributed by atoms with E-state index in [1.54, 1.807) is 18.5 Å². The van der Waals surface area contributed by atoms with E-state index in [9.17, 15) is 4.39 Å². The summed E-state index contributed by atoms with van der Waals surface area (Å²) in [4.78, 5) is 0. The van der Waals surface area contributed by atoms with E-state index in [4.69, 9.17) is 16.1 Å². The molecule has 0 saturated heterocycles. The fraction of sp³-hybridized carbons (Fsp3) is 0.0769. The number of H-pyrrole nitrogens is 1. The fourth-order valence-corrected chi connectivity index (χ4v) is 4.30. The lowest BCUT2D eigenvalue weighted by atomic mass is 9.87. The molecule has 0 aliphatic carbocycles. The second-order valence-electron chi connectivity index (χ2n) is 7.47. The van der Waals surface area contributed by atoms with Crippen LogP contribution in [0.2, 0.25) is 5.02 Å². The monoisotopic (exact) mass is 443 g/mol. The molecular formula is C26H19ClFN3O. The van der Waals surface area contributed by atoms with Crippen molar-refractivity contribution in [3.05, 3.63) is 107 Å². The summed E-state index contributed by atoms with van der Waals surface area (Å²) in [5, 5.41) is 12.6. The lowest BCUT2D eigenvalue weighted by Gasteiger charge is -2.18. The maximum Gasteiger partial charge on any atom is 0.124 e. The van der Waals surface area contributed by atoms with Crippen molar-refractivity contribution in [2.75, 3.05) is 0 Å². The zero-order valence-electron chi connectivity index (χ0n) is 17.3. The second-order valence-corrected chi connectivity index (χ2v) is 7.87. The molecule has 0 radical (unpaired) electrons. The van der Waals surface area contributed by atoms with Gasteiger partial charge in [-0.1, -0.05) is 60.1 Å². The normalized spacial score (nSPS) is 12.2. The standard InChI is InChI=1S/C26H19ClFN3O/c1-2-21(22-9-8-20(28)14-23(22)27)26(18-7-10-24-19(13-18)15-29-30-24)17-5-3-16(4-6-17)25-11-12-32-31-25/h3-15H,2H2,1H3,(H,29,30)/b26-21+. The van der Waals surface area contributed by atoms with Gasteiger partial charge >= 0.3 is 0 Å². The van der Waals surface area contributed by atoms with Gasteiger partial charge in [-0.25, -0.2) is 4.39 Å². The lowest BCUT2D eigenvalue weighted by Crippen LogP contribution is -1.96. The van der Waals surface area contributed by atoms with Gasteiger partial charge in [-0.15, -0.1) is 0 Å². The summed E-state index contributed by atoms with van der Waals surface area (Å²) in [6.45, 7) is 2.08. The van der Waals surface area contributed by atoms with Crippen molar-refractivity contribution in [3.8, 4) is 11.3 Å². The van der Waals surface area contributed by atoms with Crippen molar-refractivity contribution >= 4 is 33.7 Å². The van der Waals surface area contributed by atoms with E-state index in [0.29, 0.717) is 5.02 Å². The summed E-state index contributed by atoms with van der Waals surface area (Å²) < 4.78 is 18.7. The number of allylic oxidation sites excluding steroid dienone is 1. The third kappa shape index (κ3) is 3.72. The largest absolute Gasteiger partial charge is 0.364 e. The van der Waals surface area contributed by atoms with E-state index in [1.165, 1.54) is 12.1 Å². The van der Waals surface area contributed by atoms with Crippen LogP contribution in [0.25, 0.3) is 33.3 Å². The summed E-state index contributed by atoms with van der Waals surface area (Å²) in [6.07, 6.45) is 4.08. The maximum absolute atomic E-state index is 13.8. The molecule has 5 aromatic rings. The Labute approximate surface area is 189 Å². The average Bonchev–Trinajstić information content (AvgIpc) is 3.50. The van der Waals surface area contributed by atoms with Crippen LogP contribution >= 0.6 is 11.6 Å². The molecule has 0 atom stereocenters. The molecule has 0 spiro atoms. The topological polar surface area (TPSA) is 54.7 Å². The van der Waals surface area contributed by atoms with Gasteiger partial charge in [0.15, 0.2) is 0 Å². The Morgan fingerprint density at radius 1 is 1.00 bits per heavy atom. The minimum atomic E-state index is -0.354. The van der Waals surface area contributed by atoms with Crippen molar-refractivity contribution in [3.63, 3.8) is 0 Å². The number of hydrogen-bond acceptors (Lipinski definition) is 3. The van der Waals surface area contributed by atoms with E-state index in [0.717, 1.165) is 56.4 Å². The molecule has 5 rings (SSSR count). The fourth-order valence-electron chi connectivity index (χ4n) is 4.02. The third-order valence-corrected chi connectivity index (χ3v) is 5.86. The molecule has 0 aliphatic rings. The number of fused-ring (bicyclic) bond motifs is 1. The lowest BCUT2D eigenvalue weighted by molar-refractivity contribution is 0.422. The van der Waals surface area contributed by atoms with Gasteiger partial charge in [0, 0.05) is 17.0 Å². The van der Waals surface area contributed by atoms with Crippen LogP contribution in [-0.2, 0) is 0 Å². The minimum Gasteiger partial charge on any atom is -0.364 e. The molecule has 1 N–H and O–H groups in total. The Balaban J connectivity index is 1.73. The van der Waals surface area contributed by atoms with Gasteiger partial charge < -0.3 is 4.52 Å². The van der Waals surface area contributed by atoms with Gasteiger partial charge in [-0.2, -0.15) is 5.10 Å². The number of hydrogen-bond donors (Lipinski definition) is 1. The van der Waals surface area contributed by atoms with Crippen LogP contribution in [0.4, 0.5) is 4.39 Å². The zero-order valence-corrected chi connectivity index (χ0v) is 18.0. The van der Waals surface area contributed by atoms with Gasteiger partial charge in [0.25, 0.3) is 0 Å². The van der Waals surface area contributed by atoms with Crippen molar-refractivity contribution in [1.29, 1.82) is 0 Å². The molecular weight excluding hydrogens is 425 g/mol. The van der Waals surface area contributed by atoms with Crippen LogP contribution in [0.15, 0.2) is 83.7 Å². The Bertz CT molecular complexity index is 1420. The first kappa shape index (κ1) is 20.2. The molecule has 0 aliphatic heterocycles. The molecule has 3 aromatic carbocycles. The van der Waals surface area contributed by atoms with Gasteiger partial charge in [0.1, 0.15) is 17.8 Å². The predicted octanol–water partition coefficient (Wildman–Crippen LogP) is 7.38. The van der Waals surface area contributed by atoms with Gasteiger partial charge in [0.05, 0.1) is 16.7 Å². The number of halogens is 2. The Kier molecular flexibility index (Phi) is 5.33. The van der Waals surface area contributed by atoms with Crippen LogP contribution < -0.4 is 0 Å². The Morgan fingerprint density at radius 2 is 1.81 bits per heavy atom. The summed E-state index contributed by atoms with van der Waals surface area (Å²) in [7, 11) is 0. The van der Waals surface area contributed by atoms with E-state index in [2.05, 4.69) is 46.5 Å². The number of aromatic nitrogens is 3. The average molecular weight is 444 g/mol. The molecule has 4 nitrogen and oxygen atoms in total. The molecule has 6 heteroatoms. The van der Waals surface area contributed by atoms with Crippen LogP contribution in [0.3, 0.4) is 0 Å². The Morgan fingerprint density at radius 3 is 2.53 bits per heavy atom. The summed E-state index contributed by atoms with van der Waals surface area (Å²) in [6, 6.07) is 20.7. The first-order valence-electron chi connectivity index (χ1n) is 10.3. The summed E-state index contributed by atoms with van der Waals surface area (Å²) >= 11 is 6.48. The summed E-state index contributed by atoms with van der Waals surface area (Å²) in [5.41, 5.74) is 7.65. The summed E-state index contributed by atoms with van der Waals surface area (Å²) in [5.74, 6) is -0.354. The molecule has 0 amide bonds. The highest BCUT2D eigenvalue weighted by molar-refractivity contribution is 6.32. The van der Waals surface area contributed by atoms with Crippen molar-refractivity contribution in [1.82, 2.24) is 15.4 Å². The molecule has 32 heavy (non-hydrogen) atoms. The third-order valence-electron chi connectivity index (χ3n) is 5.55. The molecule has 2 heterocycles. The quantitative estimate of drug-likeness (QED) is 0.288. The van der Waals surface area contributed by atoms with Crippen LogP contribution in [0, 0.1) is 5.82 Å². The Hall–Kier alpha value is -3.70.